The highest BCUT2D eigenvalue weighted by Gasteiger charge is 2.12. The van der Waals surface area contributed by atoms with E-state index < -0.39 is 0 Å². The number of hydrogen-bond acceptors (Lipinski definition) is 3. The second kappa shape index (κ2) is 7.83. The second-order valence-corrected chi connectivity index (χ2v) is 6.46. The van der Waals surface area contributed by atoms with Crippen molar-refractivity contribution in [1.82, 2.24) is 4.98 Å². The lowest BCUT2D eigenvalue weighted by atomic mass is 10.1. The van der Waals surface area contributed by atoms with Crippen molar-refractivity contribution in [3.8, 4) is 0 Å². The maximum absolute atomic E-state index is 12.6. The number of nitrogens with one attached hydrogen (secondary N) is 2. The van der Waals surface area contributed by atoms with Crippen LogP contribution in [0, 0.1) is 13.8 Å². The smallest absolute Gasteiger partial charge is 0.257 e. The minimum atomic E-state index is -0.161. The van der Waals surface area contributed by atoms with Gasteiger partial charge in [0.1, 0.15) is 0 Å². The van der Waals surface area contributed by atoms with Gasteiger partial charge >= 0.3 is 0 Å². The number of amides is 1. The van der Waals surface area contributed by atoms with Crippen molar-refractivity contribution in [2.24, 2.45) is 0 Å². The summed E-state index contributed by atoms with van der Waals surface area (Å²) in [7, 11) is 0. The Hall–Kier alpha value is -3.14. The van der Waals surface area contributed by atoms with E-state index in [0.717, 1.165) is 22.5 Å². The van der Waals surface area contributed by atoms with Crippen LogP contribution >= 0.6 is 0 Å². The molecule has 0 aliphatic heterocycles. The van der Waals surface area contributed by atoms with Crippen molar-refractivity contribution in [1.29, 1.82) is 0 Å². The maximum Gasteiger partial charge on any atom is 0.257 e. The molecule has 2 aromatic carbocycles. The number of carbonyl (C=O) groups is 1. The van der Waals surface area contributed by atoms with E-state index in [-0.39, 0.29) is 11.9 Å². The predicted octanol–water partition coefficient (Wildman–Crippen LogP) is 5.12. The van der Waals surface area contributed by atoms with Gasteiger partial charge in [-0.2, -0.15) is 0 Å². The monoisotopic (exact) mass is 345 g/mol. The maximum atomic E-state index is 12.6. The van der Waals surface area contributed by atoms with E-state index >= 15 is 0 Å². The van der Waals surface area contributed by atoms with Gasteiger partial charge in [-0.15, -0.1) is 0 Å². The molecule has 0 bridgehead atoms. The van der Waals surface area contributed by atoms with Crippen LogP contribution in [0.3, 0.4) is 0 Å². The van der Waals surface area contributed by atoms with E-state index in [4.69, 9.17) is 0 Å². The Kier molecular flexibility index (Phi) is 5.32. The molecule has 1 aromatic heterocycles. The molecule has 0 radical (unpaired) electrons. The zero-order valence-corrected chi connectivity index (χ0v) is 15.3. The van der Waals surface area contributed by atoms with Gasteiger partial charge in [-0.3, -0.25) is 9.78 Å². The minimum absolute atomic E-state index is 0.120. The standard InChI is InChI=1S/C22H23N3O/c1-15-8-7-9-16(2)21(15)25-22(26)19-12-20(14-23-13-19)24-17(3)18-10-5-4-6-11-18/h4-14,17,24H,1-3H3,(H,25,26). The van der Waals surface area contributed by atoms with E-state index in [1.54, 1.807) is 12.4 Å². The molecule has 0 fully saturated rings. The molecule has 1 atom stereocenters. The van der Waals surface area contributed by atoms with E-state index in [9.17, 15) is 4.79 Å². The van der Waals surface area contributed by atoms with Gasteiger partial charge in [0.25, 0.3) is 5.91 Å². The lowest BCUT2D eigenvalue weighted by Crippen LogP contribution is -2.15. The van der Waals surface area contributed by atoms with Crippen LogP contribution in [0.1, 0.15) is 40.0 Å². The number of rotatable bonds is 5. The highest BCUT2D eigenvalue weighted by Crippen LogP contribution is 2.22. The fourth-order valence-corrected chi connectivity index (χ4v) is 2.92. The number of aryl methyl sites for hydroxylation is 2. The molecule has 26 heavy (non-hydrogen) atoms. The Labute approximate surface area is 154 Å². The van der Waals surface area contributed by atoms with E-state index in [1.807, 2.05) is 56.3 Å². The number of para-hydroxylation sites is 1. The Bertz CT molecular complexity index is 886. The number of anilines is 2. The van der Waals surface area contributed by atoms with Crippen molar-refractivity contribution in [2.45, 2.75) is 26.8 Å². The molecule has 3 rings (SSSR count). The van der Waals surface area contributed by atoms with E-state index in [1.165, 1.54) is 5.56 Å². The summed E-state index contributed by atoms with van der Waals surface area (Å²) in [6, 6.07) is 18.1. The van der Waals surface area contributed by atoms with Gasteiger partial charge in [-0.25, -0.2) is 0 Å². The summed E-state index contributed by atoms with van der Waals surface area (Å²) in [5, 5.41) is 6.40. The quantitative estimate of drug-likeness (QED) is 0.674. The van der Waals surface area contributed by atoms with Gasteiger partial charge in [0.05, 0.1) is 11.3 Å². The molecule has 3 aromatic rings. The van der Waals surface area contributed by atoms with Gasteiger partial charge in [-0.1, -0.05) is 48.5 Å². The molecule has 1 heterocycles. The molecule has 0 aliphatic rings. The summed E-state index contributed by atoms with van der Waals surface area (Å²) < 4.78 is 0. The number of hydrogen-bond donors (Lipinski definition) is 2. The highest BCUT2D eigenvalue weighted by atomic mass is 16.1. The normalized spacial score (nSPS) is 11.7. The van der Waals surface area contributed by atoms with Crippen molar-refractivity contribution in [3.63, 3.8) is 0 Å². The fourth-order valence-electron chi connectivity index (χ4n) is 2.92. The molecule has 0 spiro atoms. The van der Waals surface area contributed by atoms with E-state index in [2.05, 4.69) is 34.7 Å². The van der Waals surface area contributed by atoms with Crippen LogP contribution in [0.4, 0.5) is 11.4 Å². The summed E-state index contributed by atoms with van der Waals surface area (Å²) in [6.07, 6.45) is 3.32. The Morgan fingerprint density at radius 3 is 2.35 bits per heavy atom. The Morgan fingerprint density at radius 1 is 0.962 bits per heavy atom. The molecule has 132 valence electrons. The number of carbonyl (C=O) groups excluding carboxylic acids is 1. The first-order valence-electron chi connectivity index (χ1n) is 8.68. The molecule has 0 saturated heterocycles. The lowest BCUT2D eigenvalue weighted by Gasteiger charge is -2.16. The molecule has 4 nitrogen and oxygen atoms in total. The van der Waals surface area contributed by atoms with Crippen LogP contribution in [0.25, 0.3) is 0 Å². The topological polar surface area (TPSA) is 54.0 Å². The summed E-state index contributed by atoms with van der Waals surface area (Å²) in [4.78, 5) is 16.9. The first kappa shape index (κ1) is 17.7. The molecule has 1 amide bonds. The van der Waals surface area contributed by atoms with Crippen molar-refractivity contribution < 1.29 is 4.79 Å². The second-order valence-electron chi connectivity index (χ2n) is 6.46. The molecular weight excluding hydrogens is 322 g/mol. The number of aromatic nitrogens is 1. The molecule has 1 unspecified atom stereocenters. The van der Waals surface area contributed by atoms with Gasteiger partial charge in [0.15, 0.2) is 0 Å². The number of benzene rings is 2. The molecule has 4 heteroatoms. The summed E-state index contributed by atoms with van der Waals surface area (Å²) in [6.45, 7) is 6.06. The summed E-state index contributed by atoms with van der Waals surface area (Å²) >= 11 is 0. The van der Waals surface area contributed by atoms with Crippen molar-refractivity contribution >= 4 is 17.3 Å². The van der Waals surface area contributed by atoms with E-state index in [0.29, 0.717) is 5.56 Å². The molecular formula is C22H23N3O. The third-order valence-electron chi connectivity index (χ3n) is 4.40. The zero-order valence-electron chi connectivity index (χ0n) is 15.3. The number of nitrogens with zero attached hydrogens (tertiary/aromatic N) is 1. The van der Waals surface area contributed by atoms with Crippen molar-refractivity contribution in [2.75, 3.05) is 10.6 Å². The van der Waals surface area contributed by atoms with Crippen LogP contribution in [0.5, 0.6) is 0 Å². The summed E-state index contributed by atoms with van der Waals surface area (Å²) in [5.41, 5.74) is 5.46. The zero-order chi connectivity index (χ0) is 18.5. The third kappa shape index (κ3) is 4.09. The molecule has 2 N–H and O–H groups in total. The first-order chi connectivity index (χ1) is 12.5. The minimum Gasteiger partial charge on any atom is -0.377 e. The van der Waals surface area contributed by atoms with Crippen LogP contribution < -0.4 is 10.6 Å². The number of pyridine rings is 1. The highest BCUT2D eigenvalue weighted by molar-refractivity contribution is 6.05. The fraction of sp³-hybridized carbons (Fsp3) is 0.182. The first-order valence-corrected chi connectivity index (χ1v) is 8.68. The summed E-state index contributed by atoms with van der Waals surface area (Å²) in [5.74, 6) is -0.161. The van der Waals surface area contributed by atoms with Gasteiger partial charge < -0.3 is 10.6 Å². The average molecular weight is 345 g/mol. The van der Waals surface area contributed by atoms with Crippen LogP contribution in [0.2, 0.25) is 0 Å². The van der Waals surface area contributed by atoms with Crippen LogP contribution in [-0.2, 0) is 0 Å². The Morgan fingerprint density at radius 2 is 1.65 bits per heavy atom. The van der Waals surface area contributed by atoms with Crippen LogP contribution in [-0.4, -0.2) is 10.9 Å². The SMILES string of the molecule is Cc1cccc(C)c1NC(=O)c1cncc(NC(C)c2ccccc2)c1. The van der Waals surface area contributed by atoms with Crippen LogP contribution in [0.15, 0.2) is 67.0 Å². The predicted molar refractivity (Wildman–Crippen MR) is 107 cm³/mol. The molecule has 0 aliphatic carbocycles. The average Bonchev–Trinajstić information content (AvgIpc) is 2.65. The van der Waals surface area contributed by atoms with Gasteiger partial charge in [-0.05, 0) is 43.5 Å². The van der Waals surface area contributed by atoms with Crippen molar-refractivity contribution in [3.05, 3.63) is 89.2 Å². The third-order valence-corrected chi connectivity index (χ3v) is 4.40. The molecule has 0 saturated carbocycles. The largest absolute Gasteiger partial charge is 0.377 e. The lowest BCUT2D eigenvalue weighted by molar-refractivity contribution is 0.102. The Balaban J connectivity index is 1.75. The van der Waals surface area contributed by atoms with Gasteiger partial charge in [0.2, 0.25) is 0 Å². The van der Waals surface area contributed by atoms with Gasteiger partial charge in [0, 0.05) is 24.1 Å².